The number of carbonyl (C=O) groups is 1. The number of hydrogen-bond donors (Lipinski definition) is 0. The highest BCUT2D eigenvalue weighted by atomic mass is 16.2. The summed E-state index contributed by atoms with van der Waals surface area (Å²) < 4.78 is 1.94. The number of anilines is 1. The van der Waals surface area contributed by atoms with Gasteiger partial charge in [-0.15, -0.1) is 0 Å². The van der Waals surface area contributed by atoms with E-state index in [1.165, 1.54) is 19.3 Å². The van der Waals surface area contributed by atoms with Gasteiger partial charge in [-0.25, -0.2) is 14.6 Å². The van der Waals surface area contributed by atoms with E-state index in [0.29, 0.717) is 18.3 Å². The third kappa shape index (κ3) is 4.59. The van der Waals surface area contributed by atoms with Gasteiger partial charge in [-0.05, 0) is 30.9 Å². The standard InChI is InChI=1S/C26H34N6O/c1-19(2)17-23(33)30-13-15-31(16-14-30)25-22-18-27-32(21-11-7-4-8-12-21)26(22)29-24(28-25)20-9-5-3-6-10-20/h4,7-8,11-12,18-20H,3,5-6,9-10,13-17H2,1-2H3. The van der Waals surface area contributed by atoms with Crippen LogP contribution in [0, 0.1) is 5.92 Å². The Labute approximate surface area is 195 Å². The molecule has 1 aliphatic carbocycles. The average molecular weight is 447 g/mol. The highest BCUT2D eigenvalue weighted by Crippen LogP contribution is 2.34. The van der Waals surface area contributed by atoms with Crippen molar-refractivity contribution < 1.29 is 4.79 Å². The molecule has 2 aromatic heterocycles. The molecule has 1 amide bonds. The second kappa shape index (κ2) is 9.49. The van der Waals surface area contributed by atoms with E-state index in [9.17, 15) is 4.79 Å². The fraction of sp³-hybridized carbons (Fsp3) is 0.538. The predicted octanol–water partition coefficient (Wildman–Crippen LogP) is 4.56. The second-order valence-corrected chi connectivity index (χ2v) is 9.84. The first-order valence-corrected chi connectivity index (χ1v) is 12.4. The monoisotopic (exact) mass is 446 g/mol. The number of amides is 1. The summed E-state index contributed by atoms with van der Waals surface area (Å²) in [5.41, 5.74) is 1.89. The molecular weight excluding hydrogens is 412 g/mol. The quantitative estimate of drug-likeness (QED) is 0.575. The minimum Gasteiger partial charge on any atom is -0.352 e. The van der Waals surface area contributed by atoms with Crippen LogP contribution >= 0.6 is 0 Å². The van der Waals surface area contributed by atoms with Gasteiger partial charge in [-0.2, -0.15) is 5.10 Å². The summed E-state index contributed by atoms with van der Waals surface area (Å²) in [5.74, 6) is 2.98. The molecule has 3 aromatic rings. The Hall–Kier alpha value is -2.96. The Kier molecular flexibility index (Phi) is 6.29. The van der Waals surface area contributed by atoms with Crippen molar-refractivity contribution >= 4 is 22.8 Å². The highest BCUT2D eigenvalue weighted by Gasteiger charge is 2.27. The van der Waals surface area contributed by atoms with Gasteiger partial charge in [-0.1, -0.05) is 51.3 Å². The van der Waals surface area contributed by atoms with Crippen LogP contribution in [-0.4, -0.2) is 56.7 Å². The Morgan fingerprint density at radius 2 is 1.73 bits per heavy atom. The average Bonchev–Trinajstić information content (AvgIpc) is 3.28. The molecular formula is C26H34N6O. The fourth-order valence-corrected chi connectivity index (χ4v) is 5.10. The number of carbonyl (C=O) groups excluding carboxylic acids is 1. The molecule has 0 spiro atoms. The summed E-state index contributed by atoms with van der Waals surface area (Å²) in [7, 11) is 0. The maximum absolute atomic E-state index is 12.6. The molecule has 2 aliphatic rings. The molecule has 5 rings (SSSR count). The van der Waals surface area contributed by atoms with Gasteiger partial charge in [0.1, 0.15) is 11.6 Å². The van der Waals surface area contributed by atoms with Crippen LogP contribution in [0.3, 0.4) is 0 Å². The molecule has 2 fully saturated rings. The SMILES string of the molecule is CC(C)CC(=O)N1CCN(c2nc(C3CCCCC3)nc3c2cnn3-c2ccccc2)CC1. The van der Waals surface area contributed by atoms with E-state index in [2.05, 4.69) is 30.9 Å². The first kappa shape index (κ1) is 21.9. The zero-order chi connectivity index (χ0) is 22.8. The summed E-state index contributed by atoms with van der Waals surface area (Å²) >= 11 is 0. The number of piperazine rings is 1. The Bertz CT molecular complexity index is 1090. The molecule has 0 unspecified atom stereocenters. The number of fused-ring (bicyclic) bond motifs is 1. The van der Waals surface area contributed by atoms with Crippen LogP contribution in [0.1, 0.15) is 64.1 Å². The summed E-state index contributed by atoms with van der Waals surface area (Å²) in [6.07, 6.45) is 8.63. The van der Waals surface area contributed by atoms with E-state index >= 15 is 0 Å². The van der Waals surface area contributed by atoms with Crippen LogP contribution in [-0.2, 0) is 4.79 Å². The normalized spacial score (nSPS) is 17.8. The summed E-state index contributed by atoms with van der Waals surface area (Å²) in [6.45, 7) is 7.25. The van der Waals surface area contributed by atoms with E-state index in [4.69, 9.17) is 15.1 Å². The van der Waals surface area contributed by atoms with E-state index < -0.39 is 0 Å². The smallest absolute Gasteiger partial charge is 0.222 e. The van der Waals surface area contributed by atoms with Crippen LogP contribution in [0.25, 0.3) is 16.7 Å². The van der Waals surface area contributed by atoms with Crippen molar-refractivity contribution in [1.82, 2.24) is 24.6 Å². The van der Waals surface area contributed by atoms with E-state index in [0.717, 1.165) is 67.4 Å². The van der Waals surface area contributed by atoms with Gasteiger partial charge in [0.15, 0.2) is 5.65 Å². The summed E-state index contributed by atoms with van der Waals surface area (Å²) in [5, 5.41) is 5.69. The molecule has 1 aromatic carbocycles. The topological polar surface area (TPSA) is 67.2 Å². The minimum atomic E-state index is 0.261. The van der Waals surface area contributed by atoms with Crippen molar-refractivity contribution in [2.75, 3.05) is 31.1 Å². The number of nitrogens with zero attached hydrogens (tertiary/aromatic N) is 6. The maximum Gasteiger partial charge on any atom is 0.222 e. The number of rotatable bonds is 5. The lowest BCUT2D eigenvalue weighted by Crippen LogP contribution is -2.49. The van der Waals surface area contributed by atoms with Gasteiger partial charge >= 0.3 is 0 Å². The number of para-hydroxylation sites is 1. The number of hydrogen-bond acceptors (Lipinski definition) is 5. The lowest BCUT2D eigenvalue weighted by Gasteiger charge is -2.36. The van der Waals surface area contributed by atoms with Crippen LogP contribution in [0.15, 0.2) is 36.5 Å². The highest BCUT2D eigenvalue weighted by molar-refractivity contribution is 5.88. The summed E-state index contributed by atoms with van der Waals surface area (Å²) in [4.78, 5) is 27.1. The van der Waals surface area contributed by atoms with Crippen molar-refractivity contribution in [3.63, 3.8) is 0 Å². The molecule has 7 heteroatoms. The molecule has 1 saturated carbocycles. The minimum absolute atomic E-state index is 0.261. The molecule has 0 N–H and O–H groups in total. The largest absolute Gasteiger partial charge is 0.352 e. The van der Waals surface area contributed by atoms with Crippen LogP contribution in [0.2, 0.25) is 0 Å². The Morgan fingerprint density at radius 1 is 1.00 bits per heavy atom. The van der Waals surface area contributed by atoms with Gasteiger partial charge < -0.3 is 9.80 Å². The van der Waals surface area contributed by atoms with Crippen LogP contribution < -0.4 is 4.90 Å². The van der Waals surface area contributed by atoms with E-state index in [-0.39, 0.29) is 5.91 Å². The van der Waals surface area contributed by atoms with Crippen molar-refractivity contribution in [3.8, 4) is 5.69 Å². The first-order chi connectivity index (χ1) is 16.1. The second-order valence-electron chi connectivity index (χ2n) is 9.84. The van der Waals surface area contributed by atoms with Gasteiger partial charge in [-0.3, -0.25) is 4.79 Å². The number of benzene rings is 1. The van der Waals surface area contributed by atoms with Gasteiger partial charge in [0.25, 0.3) is 0 Å². The van der Waals surface area contributed by atoms with E-state index in [1.807, 2.05) is 34.0 Å². The van der Waals surface area contributed by atoms with Gasteiger partial charge in [0, 0.05) is 38.5 Å². The third-order valence-corrected chi connectivity index (χ3v) is 6.91. The Morgan fingerprint density at radius 3 is 2.42 bits per heavy atom. The van der Waals surface area contributed by atoms with Crippen molar-refractivity contribution in [2.24, 2.45) is 5.92 Å². The molecule has 7 nitrogen and oxygen atoms in total. The lowest BCUT2D eigenvalue weighted by atomic mass is 9.88. The molecule has 1 saturated heterocycles. The lowest BCUT2D eigenvalue weighted by molar-refractivity contribution is -0.132. The molecule has 3 heterocycles. The van der Waals surface area contributed by atoms with Crippen molar-refractivity contribution in [3.05, 3.63) is 42.4 Å². The van der Waals surface area contributed by atoms with E-state index in [1.54, 1.807) is 0 Å². The first-order valence-electron chi connectivity index (χ1n) is 12.4. The molecule has 174 valence electrons. The van der Waals surface area contributed by atoms with Gasteiger partial charge in [0.2, 0.25) is 5.91 Å². The zero-order valence-corrected chi connectivity index (χ0v) is 19.8. The molecule has 0 atom stereocenters. The van der Waals surface area contributed by atoms with Crippen LogP contribution in [0.4, 0.5) is 5.82 Å². The molecule has 1 aliphatic heterocycles. The van der Waals surface area contributed by atoms with Crippen molar-refractivity contribution in [1.29, 1.82) is 0 Å². The molecule has 0 bridgehead atoms. The summed E-state index contributed by atoms with van der Waals surface area (Å²) in [6, 6.07) is 10.2. The molecule has 33 heavy (non-hydrogen) atoms. The fourth-order valence-electron chi connectivity index (χ4n) is 5.10. The maximum atomic E-state index is 12.6. The predicted molar refractivity (Wildman–Crippen MR) is 131 cm³/mol. The zero-order valence-electron chi connectivity index (χ0n) is 19.8. The number of aromatic nitrogens is 4. The third-order valence-electron chi connectivity index (χ3n) is 6.91. The Balaban J connectivity index is 1.49. The van der Waals surface area contributed by atoms with Crippen molar-refractivity contribution in [2.45, 2.75) is 58.3 Å². The molecule has 0 radical (unpaired) electrons. The van der Waals surface area contributed by atoms with Crippen LogP contribution in [0.5, 0.6) is 0 Å². The van der Waals surface area contributed by atoms with Gasteiger partial charge in [0.05, 0.1) is 17.3 Å².